The van der Waals surface area contributed by atoms with Crippen molar-refractivity contribution in [3.05, 3.63) is 114 Å². The van der Waals surface area contributed by atoms with E-state index in [-0.39, 0.29) is 16.3 Å². The van der Waals surface area contributed by atoms with Crippen molar-refractivity contribution in [2.75, 3.05) is 37.7 Å². The zero-order valence-corrected chi connectivity index (χ0v) is 31.1. The van der Waals surface area contributed by atoms with E-state index in [2.05, 4.69) is 24.1 Å². The number of fused-ring (bicyclic) bond motifs is 2. The van der Waals surface area contributed by atoms with Gasteiger partial charge in [-0.25, -0.2) is 4.72 Å². The summed E-state index contributed by atoms with van der Waals surface area (Å²) in [4.78, 5) is 20.3. The van der Waals surface area contributed by atoms with Gasteiger partial charge < -0.3 is 19.9 Å². The zero-order chi connectivity index (χ0) is 38.3. The number of aromatic nitrogens is 2. The number of carbonyl (C=O) groups is 1. The molecule has 0 aliphatic heterocycles. The van der Waals surface area contributed by atoms with E-state index in [0.717, 1.165) is 15.2 Å². The first-order valence-electron chi connectivity index (χ1n) is 15.5. The number of pyridine rings is 2. The lowest BCUT2D eigenvalue weighted by molar-refractivity contribution is 0.0997. The molecule has 0 saturated carbocycles. The second-order valence-electron chi connectivity index (χ2n) is 11.1. The maximum absolute atomic E-state index is 11.8. The minimum Gasteiger partial charge on any atom is -0.496 e. The topological polar surface area (TPSA) is 204 Å². The fraction of sp³-hybridized carbons (Fsp3) is 0.114. The van der Waals surface area contributed by atoms with Gasteiger partial charge in [-0.15, -0.1) is 0 Å². The molecule has 276 valence electrons. The predicted molar refractivity (Wildman–Crippen MR) is 204 cm³/mol. The Morgan fingerprint density at radius 2 is 1.38 bits per heavy atom. The largest absolute Gasteiger partial charge is 0.496 e. The van der Waals surface area contributed by atoms with Crippen LogP contribution < -0.4 is 34.1 Å². The molecule has 0 aliphatic rings. The van der Waals surface area contributed by atoms with E-state index in [1.165, 1.54) is 52.6 Å². The van der Waals surface area contributed by atoms with Gasteiger partial charge in [-0.1, -0.05) is 23.7 Å². The number of anilines is 2. The maximum Gasteiger partial charge on any atom is 0.301 e. The van der Waals surface area contributed by atoms with Gasteiger partial charge in [-0.3, -0.25) is 24.2 Å². The molecule has 2 heterocycles. The Labute approximate surface area is 311 Å². The van der Waals surface area contributed by atoms with Crippen molar-refractivity contribution in [1.82, 2.24) is 19.0 Å². The highest BCUT2D eigenvalue weighted by atomic mass is 35.5. The molecule has 53 heavy (non-hydrogen) atoms. The maximum atomic E-state index is 11.8. The van der Waals surface area contributed by atoms with Crippen molar-refractivity contribution in [3.8, 4) is 28.7 Å². The molecule has 0 atom stereocenters. The number of rotatable bonds is 12. The lowest BCUT2D eigenvalue weighted by Crippen LogP contribution is -2.28. The molecule has 0 aliphatic carbocycles. The van der Waals surface area contributed by atoms with Crippen LogP contribution >= 0.6 is 11.6 Å². The third kappa shape index (κ3) is 9.59. The van der Waals surface area contributed by atoms with Crippen molar-refractivity contribution in [2.24, 2.45) is 5.73 Å². The van der Waals surface area contributed by atoms with Gasteiger partial charge in [-0.05, 0) is 66.7 Å². The van der Waals surface area contributed by atoms with E-state index < -0.39 is 26.3 Å². The van der Waals surface area contributed by atoms with Crippen molar-refractivity contribution in [1.29, 1.82) is 0 Å². The molecule has 0 radical (unpaired) electrons. The van der Waals surface area contributed by atoms with E-state index in [0.29, 0.717) is 45.3 Å². The number of halogens is 1. The third-order valence-corrected chi connectivity index (χ3v) is 10.2. The monoisotopic (exact) mass is 779 g/mol. The van der Waals surface area contributed by atoms with Crippen molar-refractivity contribution in [2.45, 2.75) is 0 Å². The van der Waals surface area contributed by atoms with Crippen LogP contribution in [-0.4, -0.2) is 65.3 Å². The third-order valence-electron chi connectivity index (χ3n) is 7.39. The zero-order valence-electron chi connectivity index (χ0n) is 28.7. The minimum atomic E-state index is -3.70. The Morgan fingerprint density at radius 1 is 0.755 bits per heavy atom. The first-order valence-corrected chi connectivity index (χ1v) is 18.8. The summed E-state index contributed by atoms with van der Waals surface area (Å²) in [6, 6.07) is 25.4. The Hall–Kier alpha value is -5.72. The summed E-state index contributed by atoms with van der Waals surface area (Å²) in [5.74, 6) is 1.72. The van der Waals surface area contributed by atoms with Gasteiger partial charge in [0.2, 0.25) is 0 Å². The average molecular weight is 780 g/mol. The van der Waals surface area contributed by atoms with Crippen LogP contribution in [0.2, 0.25) is 5.02 Å². The second-order valence-corrected chi connectivity index (χ2v) is 15.0. The number of carbonyl (C=O) groups excluding carboxylic acids is 1. The molecule has 0 fully saturated rings. The molecule has 6 aromatic rings. The van der Waals surface area contributed by atoms with Crippen LogP contribution in [0.5, 0.6) is 28.7 Å². The van der Waals surface area contributed by atoms with Gasteiger partial charge in [0.1, 0.15) is 28.7 Å². The summed E-state index contributed by atoms with van der Waals surface area (Å²) in [7, 11) is -1.58. The van der Waals surface area contributed by atoms with Crippen LogP contribution in [0, 0.1) is 0 Å². The minimum absolute atomic E-state index is 0.138. The van der Waals surface area contributed by atoms with Gasteiger partial charge in [-0.2, -0.15) is 21.1 Å². The summed E-state index contributed by atoms with van der Waals surface area (Å²) in [6.45, 7) is 0. The van der Waals surface area contributed by atoms with Crippen molar-refractivity contribution < 1.29 is 35.8 Å². The smallest absolute Gasteiger partial charge is 0.301 e. The summed E-state index contributed by atoms with van der Waals surface area (Å²) < 4.78 is 71.8. The molecule has 4 aromatic carbocycles. The lowest BCUT2D eigenvalue weighted by Gasteiger charge is -2.14. The van der Waals surface area contributed by atoms with E-state index >= 15 is 0 Å². The van der Waals surface area contributed by atoms with Gasteiger partial charge >= 0.3 is 10.2 Å². The van der Waals surface area contributed by atoms with E-state index in [9.17, 15) is 21.6 Å². The Morgan fingerprint density at radius 3 is 2.00 bits per heavy atom. The fourth-order valence-electron chi connectivity index (χ4n) is 4.68. The van der Waals surface area contributed by atoms with E-state index in [1.54, 1.807) is 54.7 Å². The van der Waals surface area contributed by atoms with Gasteiger partial charge in [0, 0.05) is 56.4 Å². The molecule has 15 nitrogen and oxygen atoms in total. The van der Waals surface area contributed by atoms with Crippen molar-refractivity contribution >= 4 is 71.1 Å². The highest BCUT2D eigenvalue weighted by Gasteiger charge is 2.16. The van der Waals surface area contributed by atoms with E-state index in [4.69, 9.17) is 31.5 Å². The number of ether oxygens (including phenoxy) is 3. The first-order chi connectivity index (χ1) is 25.2. The summed E-state index contributed by atoms with van der Waals surface area (Å²) in [5.41, 5.74) is 7.66. The summed E-state index contributed by atoms with van der Waals surface area (Å²) in [5, 5.41) is 1.59. The number of benzene rings is 4. The molecular weight excluding hydrogens is 746 g/mol. The van der Waals surface area contributed by atoms with Crippen LogP contribution in [-0.2, 0) is 20.4 Å². The molecule has 2 aromatic heterocycles. The highest BCUT2D eigenvalue weighted by Crippen LogP contribution is 2.35. The quantitative estimate of drug-likeness (QED) is 0.116. The lowest BCUT2D eigenvalue weighted by atomic mass is 10.1. The van der Waals surface area contributed by atoms with Crippen LogP contribution in [0.3, 0.4) is 0 Å². The molecule has 0 spiro atoms. The number of hydrogen-bond donors (Lipinski definition) is 4. The predicted octanol–water partition coefficient (Wildman–Crippen LogP) is 5.91. The number of methoxy groups -OCH3 is 1. The standard InChI is InChI=1S/C18H17ClN4O5S.C17H17N3O3S/c1-21-29(25,26)23-14-4-3-10(7-13(14)19)28-16-5-6-22-15-9-17(27-2)12(18(20)24)8-11(15)16;1-20(2)24(21,22)19-13-7-9-14(10-8-13)23-17-11-12-18-16-6-4-3-5-15(16)17/h3-9,21,23H,1-2H3,(H2,20,24);3-12,19H,1-2H3. The molecule has 0 bridgehead atoms. The molecule has 5 N–H and O–H groups in total. The molecular formula is C35H34ClN7O8S2. The van der Waals surface area contributed by atoms with Gasteiger partial charge in [0.25, 0.3) is 16.1 Å². The molecule has 1 amide bonds. The fourth-order valence-corrected chi connectivity index (χ4v) is 6.14. The first kappa shape index (κ1) is 38.5. The molecule has 18 heteroatoms. The highest BCUT2D eigenvalue weighted by molar-refractivity contribution is 7.90. The van der Waals surface area contributed by atoms with Gasteiger partial charge in [0.05, 0.1) is 40.1 Å². The number of nitrogens with two attached hydrogens (primary N) is 1. The summed E-state index contributed by atoms with van der Waals surface area (Å²) in [6.07, 6.45) is 3.23. The van der Waals surface area contributed by atoms with Crippen LogP contribution in [0.25, 0.3) is 21.8 Å². The average Bonchev–Trinajstić information content (AvgIpc) is 3.13. The molecule has 0 unspecified atom stereocenters. The van der Waals surface area contributed by atoms with Crippen LogP contribution in [0.15, 0.2) is 103 Å². The number of primary amides is 1. The number of hydrogen-bond acceptors (Lipinski definition) is 10. The number of nitrogens with one attached hydrogen (secondary N) is 3. The Kier molecular flexibility index (Phi) is 11.8. The van der Waals surface area contributed by atoms with E-state index in [1.807, 2.05) is 24.3 Å². The van der Waals surface area contributed by atoms with Gasteiger partial charge in [0.15, 0.2) is 0 Å². The van der Waals surface area contributed by atoms with Crippen molar-refractivity contribution in [3.63, 3.8) is 0 Å². The SMILES string of the molecule is CN(C)S(=O)(=O)Nc1ccc(Oc2ccnc3ccccc23)cc1.CNS(=O)(=O)Nc1ccc(Oc2ccnc3cc(OC)c(C(N)=O)cc23)cc1Cl. The summed E-state index contributed by atoms with van der Waals surface area (Å²) >= 11 is 6.16. The van der Waals surface area contributed by atoms with Crippen LogP contribution in [0.4, 0.5) is 11.4 Å². The number of amides is 1. The van der Waals surface area contributed by atoms with Crippen LogP contribution in [0.1, 0.15) is 10.4 Å². The second kappa shape index (κ2) is 16.3. The Bertz CT molecular complexity index is 2500. The normalized spacial score (nSPS) is 11.4. The molecule has 0 saturated heterocycles. The number of para-hydroxylation sites is 1. The number of nitrogens with zero attached hydrogens (tertiary/aromatic N) is 3. The Balaban J connectivity index is 0.000000208. The molecule has 6 rings (SSSR count).